The first-order valence-corrected chi connectivity index (χ1v) is 7.08. The van der Waals surface area contributed by atoms with E-state index in [1.165, 1.54) is 21.8 Å². The predicted octanol–water partition coefficient (Wildman–Crippen LogP) is 3.27. The molecule has 0 atom stereocenters. The van der Waals surface area contributed by atoms with Crippen LogP contribution in [-0.2, 0) is 13.1 Å². The first kappa shape index (κ1) is 12.0. The van der Waals surface area contributed by atoms with Gasteiger partial charge in [0, 0.05) is 34.5 Å². The molecule has 4 nitrogen and oxygen atoms in total. The molecule has 0 unspecified atom stereocenters. The molecule has 0 spiro atoms. The van der Waals surface area contributed by atoms with Crippen LogP contribution in [0.25, 0.3) is 21.8 Å². The summed E-state index contributed by atoms with van der Waals surface area (Å²) in [7, 11) is 0. The molecule has 4 rings (SSSR count). The van der Waals surface area contributed by atoms with Crippen LogP contribution >= 0.6 is 0 Å². The fraction of sp³-hybridized carbons (Fsp3) is 0.118. The van der Waals surface area contributed by atoms with Gasteiger partial charge in [-0.25, -0.2) is 0 Å². The lowest BCUT2D eigenvalue weighted by Crippen LogP contribution is -2.08. The quantitative estimate of drug-likeness (QED) is 0.624. The Balaban J connectivity index is 1.82. The molecule has 0 saturated carbocycles. The Bertz CT molecular complexity index is 863. The topological polar surface area (TPSA) is 48.8 Å². The van der Waals surface area contributed by atoms with E-state index in [0.29, 0.717) is 5.82 Å². The van der Waals surface area contributed by atoms with Gasteiger partial charge in [0.1, 0.15) is 5.82 Å². The summed E-state index contributed by atoms with van der Waals surface area (Å²) in [6.07, 6.45) is 1.92. The number of rotatable bonds is 3. The first-order valence-electron chi connectivity index (χ1n) is 7.08. The molecule has 0 aliphatic rings. The van der Waals surface area contributed by atoms with Crippen LogP contribution in [0.15, 0.2) is 60.8 Å². The van der Waals surface area contributed by atoms with Crippen LogP contribution in [0, 0.1) is 0 Å². The number of benzene rings is 2. The fourth-order valence-corrected chi connectivity index (χ4v) is 2.95. The minimum absolute atomic E-state index is 0.567. The van der Waals surface area contributed by atoms with Crippen molar-refractivity contribution in [2.24, 2.45) is 0 Å². The first-order chi connectivity index (χ1) is 10.3. The normalized spacial score (nSPS) is 11.4. The molecule has 4 heteroatoms. The van der Waals surface area contributed by atoms with E-state index in [0.717, 1.165) is 13.1 Å². The van der Waals surface area contributed by atoms with Crippen molar-refractivity contribution in [3.8, 4) is 0 Å². The zero-order valence-electron chi connectivity index (χ0n) is 11.6. The van der Waals surface area contributed by atoms with Crippen LogP contribution in [0.3, 0.4) is 0 Å². The molecule has 104 valence electrons. The van der Waals surface area contributed by atoms with E-state index in [-0.39, 0.29) is 0 Å². The third-order valence-electron chi connectivity index (χ3n) is 3.89. The minimum Gasteiger partial charge on any atom is -0.382 e. The van der Waals surface area contributed by atoms with Crippen molar-refractivity contribution >= 4 is 27.6 Å². The molecule has 4 aromatic rings. The molecule has 0 aliphatic carbocycles. The molecule has 2 aromatic heterocycles. The minimum atomic E-state index is 0.567. The molecule has 2 N–H and O–H groups in total. The molecular formula is C17H16N4. The Kier molecular flexibility index (Phi) is 2.67. The number of nitrogen functional groups attached to an aromatic ring is 1. The lowest BCUT2D eigenvalue weighted by atomic mass is 10.2. The van der Waals surface area contributed by atoms with Gasteiger partial charge >= 0.3 is 0 Å². The summed E-state index contributed by atoms with van der Waals surface area (Å²) in [5, 5.41) is 6.85. The highest BCUT2D eigenvalue weighted by Gasteiger charge is 2.09. The largest absolute Gasteiger partial charge is 0.382 e. The van der Waals surface area contributed by atoms with Gasteiger partial charge in [0.05, 0.1) is 6.54 Å². The fourth-order valence-electron chi connectivity index (χ4n) is 2.95. The van der Waals surface area contributed by atoms with Crippen LogP contribution in [-0.4, -0.2) is 14.3 Å². The van der Waals surface area contributed by atoms with Gasteiger partial charge in [-0.15, -0.1) is 0 Å². The summed E-state index contributed by atoms with van der Waals surface area (Å²) in [4.78, 5) is 0. The van der Waals surface area contributed by atoms with Crippen LogP contribution in [0.4, 0.5) is 5.82 Å². The SMILES string of the molecule is Nc1ccn(CCn2c3ccccc3c3ccccc32)n1. The van der Waals surface area contributed by atoms with Crippen molar-refractivity contribution in [1.29, 1.82) is 0 Å². The van der Waals surface area contributed by atoms with E-state index in [4.69, 9.17) is 5.73 Å². The number of hydrogen-bond donors (Lipinski definition) is 1. The number of hydrogen-bond acceptors (Lipinski definition) is 2. The standard InChI is InChI=1S/C17H16N4/c18-17-9-10-20(19-17)11-12-21-15-7-3-1-5-13(15)14-6-2-4-8-16(14)21/h1-10H,11-12H2,(H2,18,19). The molecule has 2 heterocycles. The van der Waals surface area contributed by atoms with Gasteiger partial charge in [-0.3, -0.25) is 4.68 Å². The smallest absolute Gasteiger partial charge is 0.145 e. The molecular weight excluding hydrogens is 260 g/mol. The Labute approximate surface area is 122 Å². The van der Waals surface area contributed by atoms with Gasteiger partial charge in [0.25, 0.3) is 0 Å². The molecule has 0 fully saturated rings. The van der Waals surface area contributed by atoms with Crippen molar-refractivity contribution in [2.45, 2.75) is 13.1 Å². The molecule has 2 aromatic carbocycles. The highest BCUT2D eigenvalue weighted by atomic mass is 15.3. The zero-order chi connectivity index (χ0) is 14.2. The number of fused-ring (bicyclic) bond motifs is 3. The van der Waals surface area contributed by atoms with Crippen molar-refractivity contribution in [3.05, 3.63) is 60.8 Å². The van der Waals surface area contributed by atoms with E-state index in [9.17, 15) is 0 Å². The van der Waals surface area contributed by atoms with Gasteiger partial charge in [0.15, 0.2) is 0 Å². The summed E-state index contributed by atoms with van der Waals surface area (Å²) in [6.45, 7) is 1.68. The van der Waals surface area contributed by atoms with E-state index in [1.807, 2.05) is 16.9 Å². The summed E-state index contributed by atoms with van der Waals surface area (Å²) in [6, 6.07) is 18.9. The van der Waals surface area contributed by atoms with Crippen LogP contribution in [0.1, 0.15) is 0 Å². The number of nitrogens with two attached hydrogens (primary N) is 1. The highest BCUT2D eigenvalue weighted by Crippen LogP contribution is 2.28. The van der Waals surface area contributed by atoms with Crippen LogP contribution in [0.5, 0.6) is 0 Å². The molecule has 21 heavy (non-hydrogen) atoms. The van der Waals surface area contributed by atoms with E-state index in [1.54, 1.807) is 0 Å². The Morgan fingerprint density at radius 3 is 2.00 bits per heavy atom. The molecule has 0 aliphatic heterocycles. The van der Waals surface area contributed by atoms with Gasteiger partial charge in [0.2, 0.25) is 0 Å². The maximum atomic E-state index is 5.67. The average molecular weight is 276 g/mol. The Morgan fingerprint density at radius 1 is 0.810 bits per heavy atom. The van der Waals surface area contributed by atoms with E-state index >= 15 is 0 Å². The molecule has 0 radical (unpaired) electrons. The second kappa shape index (κ2) is 4.66. The lowest BCUT2D eigenvalue weighted by Gasteiger charge is -2.07. The molecule has 0 saturated heterocycles. The lowest BCUT2D eigenvalue weighted by molar-refractivity contribution is 0.552. The summed E-state index contributed by atoms with van der Waals surface area (Å²) in [5.41, 5.74) is 8.20. The predicted molar refractivity (Wildman–Crippen MR) is 86.1 cm³/mol. The van der Waals surface area contributed by atoms with Gasteiger partial charge in [-0.2, -0.15) is 5.10 Å². The number of anilines is 1. The van der Waals surface area contributed by atoms with Crippen molar-refractivity contribution in [1.82, 2.24) is 14.3 Å². The van der Waals surface area contributed by atoms with Gasteiger partial charge < -0.3 is 10.3 Å². The van der Waals surface area contributed by atoms with E-state index < -0.39 is 0 Å². The van der Waals surface area contributed by atoms with Gasteiger partial charge in [-0.05, 0) is 18.2 Å². The average Bonchev–Trinajstić information content (AvgIpc) is 3.07. The molecule has 0 amide bonds. The third kappa shape index (κ3) is 1.96. The van der Waals surface area contributed by atoms with Crippen molar-refractivity contribution in [2.75, 3.05) is 5.73 Å². The Morgan fingerprint density at radius 2 is 1.43 bits per heavy atom. The monoisotopic (exact) mass is 276 g/mol. The second-order valence-electron chi connectivity index (χ2n) is 5.19. The number of aryl methyl sites for hydroxylation is 2. The molecule has 0 bridgehead atoms. The Hall–Kier alpha value is -2.75. The number of para-hydroxylation sites is 2. The van der Waals surface area contributed by atoms with E-state index in [2.05, 4.69) is 58.2 Å². The van der Waals surface area contributed by atoms with Crippen molar-refractivity contribution in [3.63, 3.8) is 0 Å². The highest BCUT2D eigenvalue weighted by molar-refractivity contribution is 6.07. The number of aromatic nitrogens is 3. The second-order valence-corrected chi connectivity index (χ2v) is 5.19. The summed E-state index contributed by atoms with van der Waals surface area (Å²) >= 11 is 0. The number of nitrogens with zero attached hydrogens (tertiary/aromatic N) is 3. The summed E-state index contributed by atoms with van der Waals surface area (Å²) < 4.78 is 4.24. The summed E-state index contributed by atoms with van der Waals surface area (Å²) in [5.74, 6) is 0.567. The zero-order valence-corrected chi connectivity index (χ0v) is 11.6. The van der Waals surface area contributed by atoms with Crippen LogP contribution in [0.2, 0.25) is 0 Å². The third-order valence-corrected chi connectivity index (χ3v) is 3.89. The maximum Gasteiger partial charge on any atom is 0.145 e. The van der Waals surface area contributed by atoms with Crippen molar-refractivity contribution < 1.29 is 0 Å². The van der Waals surface area contributed by atoms with Crippen LogP contribution < -0.4 is 5.73 Å². The van der Waals surface area contributed by atoms with Gasteiger partial charge in [-0.1, -0.05) is 36.4 Å². The maximum absolute atomic E-state index is 5.67.